The van der Waals surface area contributed by atoms with Crippen molar-refractivity contribution in [3.8, 4) is 0 Å². The van der Waals surface area contributed by atoms with E-state index in [9.17, 15) is 43.8 Å². The first-order valence-corrected chi connectivity index (χ1v) is 17.0. The van der Waals surface area contributed by atoms with E-state index in [-0.39, 0.29) is 31.4 Å². The summed E-state index contributed by atoms with van der Waals surface area (Å²) in [5, 5.41) is 40.5. The number of nitrogens with two attached hydrogens (primary N) is 1. The van der Waals surface area contributed by atoms with E-state index in [1.54, 1.807) is 0 Å². The Kier molecular flexibility index (Phi) is 13.4. The predicted molar refractivity (Wildman–Crippen MR) is 187 cm³/mol. The van der Waals surface area contributed by atoms with Gasteiger partial charge in [-0.2, -0.15) is 0 Å². The monoisotopic (exact) mass is 717 g/mol. The van der Waals surface area contributed by atoms with Crippen LogP contribution in [0, 0.1) is 0 Å². The van der Waals surface area contributed by atoms with Crippen molar-refractivity contribution in [2.45, 2.75) is 81.5 Å². The molecule has 0 radical (unpaired) electrons. The van der Waals surface area contributed by atoms with E-state index in [0.29, 0.717) is 31.2 Å². The summed E-state index contributed by atoms with van der Waals surface area (Å²) in [5.74, 6) is -7.89. The van der Waals surface area contributed by atoms with Crippen LogP contribution in [0.1, 0.15) is 67.7 Å². The second-order valence-corrected chi connectivity index (χ2v) is 12.9. The molecule has 15 nitrogen and oxygen atoms in total. The van der Waals surface area contributed by atoms with Gasteiger partial charge in [-0.15, -0.1) is 0 Å². The van der Waals surface area contributed by atoms with Gasteiger partial charge in [-0.1, -0.05) is 86.0 Å². The number of aliphatic hydroxyl groups excluding tert-OH is 1. The van der Waals surface area contributed by atoms with Crippen molar-refractivity contribution < 1.29 is 48.9 Å². The summed E-state index contributed by atoms with van der Waals surface area (Å²) < 4.78 is 0. The zero-order valence-electron chi connectivity index (χ0n) is 28.4. The highest BCUT2D eigenvalue weighted by molar-refractivity contribution is 6.32. The molecule has 0 heterocycles. The van der Waals surface area contributed by atoms with Gasteiger partial charge in [0.1, 0.15) is 17.6 Å². The average Bonchev–Trinajstić information content (AvgIpc) is 3.12. The predicted octanol–water partition coefficient (Wildman–Crippen LogP) is 0.998. The molecule has 15 heteroatoms. The molecular weight excluding hydrogens is 674 g/mol. The van der Waals surface area contributed by atoms with E-state index < -0.39 is 71.6 Å². The maximum absolute atomic E-state index is 13.9. The van der Waals surface area contributed by atoms with Gasteiger partial charge in [0, 0.05) is 13.0 Å². The summed E-state index contributed by atoms with van der Waals surface area (Å²) in [6, 6.07) is 16.5. The lowest BCUT2D eigenvalue weighted by molar-refractivity contribution is -0.151. The molecule has 0 aromatic heterocycles. The van der Waals surface area contributed by atoms with Crippen LogP contribution in [0.5, 0.6) is 0 Å². The molecule has 0 saturated heterocycles. The zero-order valence-corrected chi connectivity index (χ0v) is 28.4. The minimum Gasteiger partial charge on any atom is -0.479 e. The number of carbonyl (C=O) groups excluding carboxylic acids is 5. The highest BCUT2D eigenvalue weighted by Crippen LogP contribution is 2.29. The van der Waals surface area contributed by atoms with Crippen molar-refractivity contribution in [3.05, 3.63) is 83.4 Å². The van der Waals surface area contributed by atoms with Crippen LogP contribution in [0.3, 0.4) is 0 Å². The number of rotatable bonds is 16. The van der Waals surface area contributed by atoms with Gasteiger partial charge in [-0.3, -0.25) is 24.0 Å². The van der Waals surface area contributed by atoms with Gasteiger partial charge in [0.15, 0.2) is 6.10 Å². The molecule has 52 heavy (non-hydrogen) atoms. The van der Waals surface area contributed by atoms with Crippen LogP contribution in [-0.2, 0) is 46.4 Å². The minimum atomic E-state index is -1.85. The van der Waals surface area contributed by atoms with Gasteiger partial charge >= 0.3 is 17.8 Å². The van der Waals surface area contributed by atoms with Gasteiger partial charge in [0.2, 0.25) is 23.6 Å². The molecule has 1 aliphatic rings. The molecule has 9 N–H and O–H groups in total. The fraction of sp³-hybridized carbons (Fsp3) is 0.378. The first-order valence-electron chi connectivity index (χ1n) is 17.0. The highest BCUT2D eigenvalue weighted by Gasteiger charge is 2.44. The Hall–Kier alpha value is -5.83. The molecule has 5 amide bonds. The fourth-order valence-corrected chi connectivity index (χ4v) is 6.36. The Morgan fingerprint density at radius 1 is 0.788 bits per heavy atom. The van der Waals surface area contributed by atoms with Crippen molar-refractivity contribution in [3.63, 3.8) is 0 Å². The summed E-state index contributed by atoms with van der Waals surface area (Å²) in [7, 11) is 0. The molecular formula is C37H43N5O10. The van der Waals surface area contributed by atoms with Crippen LogP contribution in [0.2, 0.25) is 0 Å². The molecule has 0 aliphatic heterocycles. The lowest BCUT2D eigenvalue weighted by atomic mass is 9.80. The first kappa shape index (κ1) is 39.0. The lowest BCUT2D eigenvalue weighted by Crippen LogP contribution is -2.65. The van der Waals surface area contributed by atoms with Gasteiger partial charge in [-0.05, 0) is 53.1 Å². The third-order valence-electron chi connectivity index (χ3n) is 9.12. The molecule has 0 bridgehead atoms. The maximum atomic E-state index is 13.9. The maximum Gasteiger partial charge on any atom is 0.394 e. The number of carboxylic acids is 2. The second-order valence-electron chi connectivity index (χ2n) is 12.9. The number of fused-ring (bicyclic) bond motifs is 1. The van der Waals surface area contributed by atoms with E-state index in [0.717, 1.165) is 22.8 Å². The van der Waals surface area contributed by atoms with Crippen LogP contribution in [-0.4, -0.2) is 81.0 Å². The number of aliphatic hydroxyl groups is 1. The van der Waals surface area contributed by atoms with E-state index in [1.807, 2.05) is 42.5 Å². The number of aryl methyl sites for hydroxylation is 1. The summed E-state index contributed by atoms with van der Waals surface area (Å²) in [6.07, 6.45) is 0.791. The summed E-state index contributed by atoms with van der Waals surface area (Å²) in [4.78, 5) is 87.6. The molecule has 3 atom stereocenters. The molecule has 1 fully saturated rings. The molecule has 1 saturated carbocycles. The standard InChI is InChI=1S/C37H43N5O10/c38-29(43)21-28(31(45)39-19-7-11-24-10-6-9-23-8-2-3-12-26(23)24)41-36(52)37(17-4-1-5-18-37)42-32(46)27(40-33(47)35(50)51)20-22-13-15-25(16-14-22)30(44)34(48)49/h2-3,6,8-10,12-16,27-28,30,44H,1,4-5,7,11,17-21H2,(H2,38,43)(H,39,45)(H,40,47)(H,41,52)(H,42,46)(H,48,49)(H,50,51)/t27-,28-,30?/m0/s1. The third kappa shape index (κ3) is 10.4. The van der Waals surface area contributed by atoms with Crippen molar-refractivity contribution in [2.24, 2.45) is 5.73 Å². The summed E-state index contributed by atoms with van der Waals surface area (Å²) in [5.41, 5.74) is 5.42. The number of nitrogens with one attached hydrogen (secondary N) is 4. The number of benzene rings is 3. The van der Waals surface area contributed by atoms with Gasteiger partial charge < -0.3 is 42.3 Å². The minimum absolute atomic E-state index is 0.0593. The third-order valence-corrected chi connectivity index (χ3v) is 9.12. The zero-order chi connectivity index (χ0) is 37.8. The van der Waals surface area contributed by atoms with Gasteiger partial charge in [0.05, 0.1) is 6.42 Å². The van der Waals surface area contributed by atoms with E-state index >= 15 is 0 Å². The van der Waals surface area contributed by atoms with Crippen LogP contribution in [0.4, 0.5) is 0 Å². The van der Waals surface area contributed by atoms with Crippen molar-refractivity contribution in [1.29, 1.82) is 0 Å². The Labute approximate surface area is 299 Å². The number of aliphatic carboxylic acids is 2. The topological polar surface area (TPSA) is 254 Å². The number of hydrogen-bond acceptors (Lipinski definition) is 8. The van der Waals surface area contributed by atoms with E-state index in [4.69, 9.17) is 10.8 Å². The second kappa shape index (κ2) is 17.9. The quantitative estimate of drug-likeness (QED) is 0.0771. The van der Waals surface area contributed by atoms with Crippen molar-refractivity contribution in [1.82, 2.24) is 21.3 Å². The van der Waals surface area contributed by atoms with E-state index in [1.165, 1.54) is 24.3 Å². The Bertz CT molecular complexity index is 1800. The molecule has 276 valence electrons. The summed E-state index contributed by atoms with van der Waals surface area (Å²) >= 11 is 0. The van der Waals surface area contributed by atoms with Crippen LogP contribution < -0.4 is 27.0 Å². The number of primary amides is 1. The first-order chi connectivity index (χ1) is 24.8. The molecule has 4 rings (SSSR count). The lowest BCUT2D eigenvalue weighted by Gasteiger charge is -2.38. The summed E-state index contributed by atoms with van der Waals surface area (Å²) in [6.45, 7) is 0.246. The molecule has 3 aromatic rings. The number of carboxylic acid groups (broad SMARTS) is 2. The van der Waals surface area contributed by atoms with Gasteiger partial charge in [-0.25, -0.2) is 9.59 Å². The SMILES string of the molecule is NC(=O)C[C@H](NC(=O)C1(NC(=O)[C@H](Cc2ccc(C(O)C(=O)O)cc2)NC(=O)C(=O)O)CCCCC1)C(=O)NCCCc1cccc2ccccc12. The van der Waals surface area contributed by atoms with Gasteiger partial charge in [0.25, 0.3) is 0 Å². The van der Waals surface area contributed by atoms with Crippen LogP contribution in [0.15, 0.2) is 66.7 Å². The van der Waals surface area contributed by atoms with Crippen molar-refractivity contribution >= 4 is 52.2 Å². The fourth-order valence-electron chi connectivity index (χ4n) is 6.36. The highest BCUT2D eigenvalue weighted by atomic mass is 16.4. The van der Waals surface area contributed by atoms with Crippen LogP contribution in [0.25, 0.3) is 10.8 Å². The molecule has 3 aromatic carbocycles. The number of carbonyl (C=O) groups is 7. The Morgan fingerprint density at radius 3 is 2.12 bits per heavy atom. The molecule has 1 unspecified atom stereocenters. The molecule has 1 aliphatic carbocycles. The molecule has 0 spiro atoms. The normalized spacial score (nSPS) is 15.3. The Balaban J connectivity index is 1.46. The van der Waals surface area contributed by atoms with E-state index in [2.05, 4.69) is 21.3 Å². The number of amides is 5. The number of hydrogen-bond donors (Lipinski definition) is 8. The smallest absolute Gasteiger partial charge is 0.394 e. The van der Waals surface area contributed by atoms with Crippen molar-refractivity contribution in [2.75, 3.05) is 6.54 Å². The largest absolute Gasteiger partial charge is 0.479 e. The Morgan fingerprint density at radius 2 is 1.46 bits per heavy atom. The average molecular weight is 718 g/mol. The van der Waals surface area contributed by atoms with Crippen LogP contribution >= 0.6 is 0 Å².